The Hall–Kier alpha value is -2.46. The summed E-state index contributed by atoms with van der Waals surface area (Å²) < 4.78 is 52.2. The minimum atomic E-state index is -4.68. The molecule has 10 heteroatoms. The fraction of sp³-hybridized carbons (Fsp3) is 0.500. The second-order valence-corrected chi connectivity index (χ2v) is 6.43. The van der Waals surface area contributed by atoms with Crippen LogP contribution in [0.4, 0.5) is 13.2 Å². The molecule has 1 amide bonds. The van der Waals surface area contributed by atoms with Gasteiger partial charge in [0.15, 0.2) is 0 Å². The predicted octanol–water partition coefficient (Wildman–Crippen LogP) is 2.91. The van der Waals surface area contributed by atoms with Gasteiger partial charge in [0.25, 0.3) is 0 Å². The lowest BCUT2D eigenvalue weighted by Crippen LogP contribution is -2.51. The van der Waals surface area contributed by atoms with Crippen molar-refractivity contribution in [3.63, 3.8) is 0 Å². The van der Waals surface area contributed by atoms with Gasteiger partial charge in [-0.1, -0.05) is 29.4 Å². The number of nitrogens with zero attached hydrogens (tertiary/aromatic N) is 3. The van der Waals surface area contributed by atoms with Gasteiger partial charge in [-0.15, -0.1) is 0 Å². The third-order valence-corrected chi connectivity index (χ3v) is 4.35. The summed E-state index contributed by atoms with van der Waals surface area (Å²) in [6.45, 7) is 1.90. The zero-order chi connectivity index (χ0) is 20.1. The fourth-order valence-electron chi connectivity index (χ4n) is 2.75. The summed E-state index contributed by atoms with van der Waals surface area (Å²) in [6.07, 6.45) is -3.66. The number of aromatic nitrogens is 2. The molecule has 1 aliphatic rings. The first-order valence-corrected chi connectivity index (χ1v) is 8.75. The summed E-state index contributed by atoms with van der Waals surface area (Å²) >= 11 is 0. The third kappa shape index (κ3) is 4.87. The monoisotopic (exact) mass is 399 g/mol. The molecule has 1 aromatic heterocycles. The molecule has 3 rings (SSSR count). The Morgan fingerprint density at radius 1 is 1.29 bits per heavy atom. The lowest BCUT2D eigenvalue weighted by molar-refractivity contribution is -0.159. The molecule has 2 aromatic rings. The van der Waals surface area contributed by atoms with E-state index in [9.17, 15) is 18.0 Å². The van der Waals surface area contributed by atoms with E-state index in [4.69, 9.17) is 9.47 Å². The highest BCUT2D eigenvalue weighted by atomic mass is 19.4. The van der Waals surface area contributed by atoms with E-state index in [0.29, 0.717) is 44.8 Å². The molecule has 0 atom stereocenters. The summed E-state index contributed by atoms with van der Waals surface area (Å²) in [5, 5.41) is 3.37. The zero-order valence-corrected chi connectivity index (χ0v) is 15.2. The Morgan fingerprint density at radius 2 is 2.00 bits per heavy atom. The van der Waals surface area contributed by atoms with Crippen LogP contribution in [0.5, 0.6) is 0 Å². The normalized spacial score (nSPS) is 14.7. The summed E-state index contributed by atoms with van der Waals surface area (Å²) in [4.78, 5) is 17.7. The van der Waals surface area contributed by atoms with Crippen LogP contribution in [0.25, 0.3) is 11.4 Å². The second-order valence-electron chi connectivity index (χ2n) is 6.43. The van der Waals surface area contributed by atoms with E-state index in [0.717, 1.165) is 5.56 Å². The largest absolute Gasteiger partial charge is 0.471 e. The van der Waals surface area contributed by atoms with Crippen molar-refractivity contribution in [3.05, 3.63) is 35.7 Å². The Labute approximate surface area is 159 Å². The average molecular weight is 399 g/mol. The fourth-order valence-corrected chi connectivity index (χ4v) is 2.75. The van der Waals surface area contributed by atoms with Gasteiger partial charge in [-0.2, -0.15) is 18.2 Å². The van der Waals surface area contributed by atoms with Gasteiger partial charge in [0.05, 0.1) is 19.3 Å². The number of benzene rings is 1. The van der Waals surface area contributed by atoms with E-state index in [1.165, 1.54) is 0 Å². The molecule has 1 aliphatic heterocycles. The van der Waals surface area contributed by atoms with E-state index >= 15 is 0 Å². The van der Waals surface area contributed by atoms with Crippen molar-refractivity contribution in [1.29, 1.82) is 0 Å². The minimum Gasteiger partial charge on any atom is -0.385 e. The van der Waals surface area contributed by atoms with Gasteiger partial charge in [0.2, 0.25) is 11.7 Å². The van der Waals surface area contributed by atoms with Crippen LogP contribution in [-0.2, 0) is 27.0 Å². The Bertz CT molecular complexity index is 788. The molecule has 28 heavy (non-hydrogen) atoms. The second kappa shape index (κ2) is 8.70. The van der Waals surface area contributed by atoms with Crippen molar-refractivity contribution in [2.45, 2.75) is 31.6 Å². The van der Waals surface area contributed by atoms with Crippen LogP contribution in [0.15, 0.2) is 28.8 Å². The molecular weight excluding hydrogens is 379 g/mol. The Kier molecular flexibility index (Phi) is 6.30. The highest BCUT2D eigenvalue weighted by Crippen LogP contribution is 2.29. The molecule has 0 bridgehead atoms. The number of alkyl halides is 3. The molecule has 0 N–H and O–H groups in total. The molecule has 1 saturated heterocycles. The van der Waals surface area contributed by atoms with Crippen molar-refractivity contribution in [2.75, 3.05) is 26.9 Å². The van der Waals surface area contributed by atoms with Crippen LogP contribution in [0.2, 0.25) is 0 Å². The highest BCUT2D eigenvalue weighted by molar-refractivity contribution is 5.76. The SMILES string of the molecule is COCCCC(=O)N(Cc1ccc(-c2noc(C(F)(F)F)n2)cc1)C1COC1. The zero-order valence-electron chi connectivity index (χ0n) is 15.2. The Balaban J connectivity index is 1.67. The number of rotatable bonds is 8. The van der Waals surface area contributed by atoms with Crippen LogP contribution in [0, 0.1) is 0 Å². The van der Waals surface area contributed by atoms with Crippen molar-refractivity contribution in [1.82, 2.24) is 15.0 Å². The van der Waals surface area contributed by atoms with Gasteiger partial charge < -0.3 is 18.9 Å². The molecule has 0 unspecified atom stereocenters. The van der Waals surface area contributed by atoms with Gasteiger partial charge in [-0.25, -0.2) is 0 Å². The number of hydrogen-bond donors (Lipinski definition) is 0. The number of ether oxygens (including phenoxy) is 2. The van der Waals surface area contributed by atoms with E-state index in [1.807, 2.05) is 0 Å². The summed E-state index contributed by atoms with van der Waals surface area (Å²) in [7, 11) is 1.59. The standard InChI is InChI=1S/C18H20F3N3O4/c1-26-8-2-3-15(25)24(14-10-27-11-14)9-12-4-6-13(7-5-12)16-22-17(28-23-16)18(19,20)21/h4-7,14H,2-3,8-11H2,1H3. The van der Waals surface area contributed by atoms with E-state index in [1.54, 1.807) is 36.3 Å². The number of methoxy groups -OCH3 is 1. The van der Waals surface area contributed by atoms with E-state index in [-0.39, 0.29) is 17.8 Å². The Morgan fingerprint density at radius 3 is 2.54 bits per heavy atom. The quantitative estimate of drug-likeness (QED) is 0.636. The average Bonchev–Trinajstić information content (AvgIpc) is 3.11. The van der Waals surface area contributed by atoms with Gasteiger partial charge in [0.1, 0.15) is 0 Å². The van der Waals surface area contributed by atoms with E-state index < -0.39 is 12.1 Å². The van der Waals surface area contributed by atoms with E-state index in [2.05, 4.69) is 14.7 Å². The van der Waals surface area contributed by atoms with Crippen LogP contribution in [-0.4, -0.2) is 53.9 Å². The summed E-state index contributed by atoms with van der Waals surface area (Å²) in [6, 6.07) is 6.69. The molecule has 1 fully saturated rings. The lowest BCUT2D eigenvalue weighted by atomic mass is 10.1. The lowest BCUT2D eigenvalue weighted by Gasteiger charge is -2.37. The molecule has 1 aromatic carbocycles. The van der Waals surface area contributed by atoms with Crippen LogP contribution < -0.4 is 0 Å². The number of carbonyl (C=O) groups is 1. The highest BCUT2D eigenvalue weighted by Gasteiger charge is 2.38. The van der Waals surface area contributed by atoms with Crippen molar-refractivity contribution in [3.8, 4) is 11.4 Å². The van der Waals surface area contributed by atoms with Gasteiger partial charge in [0, 0.05) is 32.2 Å². The molecule has 0 aliphatic carbocycles. The van der Waals surface area contributed by atoms with Crippen LogP contribution in [0.3, 0.4) is 0 Å². The maximum atomic E-state index is 12.6. The van der Waals surface area contributed by atoms with Gasteiger partial charge >= 0.3 is 12.1 Å². The topological polar surface area (TPSA) is 77.7 Å². The molecule has 0 spiro atoms. The molecular formula is C18H20F3N3O4. The summed E-state index contributed by atoms with van der Waals surface area (Å²) in [5.41, 5.74) is 1.24. The summed E-state index contributed by atoms with van der Waals surface area (Å²) in [5.74, 6) is -1.51. The minimum absolute atomic E-state index is 0.0161. The molecule has 2 heterocycles. The maximum Gasteiger partial charge on any atom is 0.471 e. The molecule has 0 saturated carbocycles. The van der Waals surface area contributed by atoms with Crippen molar-refractivity contribution < 1.29 is 32.0 Å². The first-order chi connectivity index (χ1) is 13.4. The number of carbonyl (C=O) groups excluding carboxylic acids is 1. The first kappa shape index (κ1) is 20.3. The maximum absolute atomic E-state index is 12.6. The number of hydrogen-bond acceptors (Lipinski definition) is 6. The third-order valence-electron chi connectivity index (χ3n) is 4.35. The molecule has 0 radical (unpaired) electrons. The first-order valence-electron chi connectivity index (χ1n) is 8.75. The molecule has 7 nitrogen and oxygen atoms in total. The number of amides is 1. The molecule has 152 valence electrons. The predicted molar refractivity (Wildman–Crippen MR) is 91.0 cm³/mol. The smallest absolute Gasteiger partial charge is 0.385 e. The van der Waals surface area contributed by atoms with Crippen LogP contribution in [0.1, 0.15) is 24.3 Å². The van der Waals surface area contributed by atoms with Crippen LogP contribution >= 0.6 is 0 Å². The number of halogens is 3. The van der Waals surface area contributed by atoms with Crippen molar-refractivity contribution >= 4 is 5.91 Å². The van der Waals surface area contributed by atoms with Gasteiger partial charge in [-0.3, -0.25) is 4.79 Å². The van der Waals surface area contributed by atoms with Gasteiger partial charge in [-0.05, 0) is 12.0 Å². The van der Waals surface area contributed by atoms with Crippen molar-refractivity contribution in [2.24, 2.45) is 0 Å².